The van der Waals surface area contributed by atoms with Crippen molar-refractivity contribution in [1.82, 2.24) is 4.98 Å². The molecule has 0 saturated heterocycles. The maximum atomic E-state index is 8.19. The highest BCUT2D eigenvalue weighted by Gasteiger charge is 2.03. The SMILES string of the molecule is Cc1ccc(-c2nc(CCN=[N+]=[N-])cs2)cc1. The third-order valence-electron chi connectivity index (χ3n) is 2.38. The Bertz CT molecular complexity index is 538. The van der Waals surface area contributed by atoms with Crippen LogP contribution < -0.4 is 0 Å². The number of nitrogens with zero attached hydrogens (tertiary/aromatic N) is 4. The lowest BCUT2D eigenvalue weighted by Crippen LogP contribution is -1.88. The molecule has 5 heteroatoms. The van der Waals surface area contributed by atoms with E-state index in [1.165, 1.54) is 5.56 Å². The minimum absolute atomic E-state index is 0.466. The summed E-state index contributed by atoms with van der Waals surface area (Å²) in [5, 5.41) is 6.54. The van der Waals surface area contributed by atoms with Crippen molar-refractivity contribution in [3.8, 4) is 10.6 Å². The lowest BCUT2D eigenvalue weighted by Gasteiger charge is -1.96. The van der Waals surface area contributed by atoms with Gasteiger partial charge in [0.25, 0.3) is 0 Å². The fraction of sp³-hybridized carbons (Fsp3) is 0.250. The van der Waals surface area contributed by atoms with Crippen LogP contribution in [-0.2, 0) is 6.42 Å². The molecule has 0 saturated carbocycles. The molecule has 0 bridgehead atoms. The molecule has 0 radical (unpaired) electrons. The normalized spacial score (nSPS) is 9.94. The molecule has 17 heavy (non-hydrogen) atoms. The molecule has 0 amide bonds. The van der Waals surface area contributed by atoms with E-state index in [2.05, 4.69) is 46.2 Å². The van der Waals surface area contributed by atoms with Gasteiger partial charge in [0, 0.05) is 22.4 Å². The van der Waals surface area contributed by atoms with Gasteiger partial charge in [0.1, 0.15) is 5.01 Å². The van der Waals surface area contributed by atoms with Gasteiger partial charge in [-0.2, -0.15) is 0 Å². The predicted octanol–water partition coefficient (Wildman–Crippen LogP) is 3.97. The van der Waals surface area contributed by atoms with Gasteiger partial charge in [-0.15, -0.1) is 11.3 Å². The molecule has 1 aromatic heterocycles. The second kappa shape index (κ2) is 5.48. The van der Waals surface area contributed by atoms with Crippen LogP contribution in [0.1, 0.15) is 11.3 Å². The summed E-state index contributed by atoms with van der Waals surface area (Å²) in [6.07, 6.45) is 0.701. The number of aromatic nitrogens is 1. The topological polar surface area (TPSA) is 61.7 Å². The smallest absolute Gasteiger partial charge is 0.123 e. The number of thiazole rings is 1. The summed E-state index contributed by atoms with van der Waals surface area (Å²) in [5.74, 6) is 0. The second-order valence-electron chi connectivity index (χ2n) is 3.71. The summed E-state index contributed by atoms with van der Waals surface area (Å²) in [6, 6.07) is 8.31. The minimum Gasteiger partial charge on any atom is -0.241 e. The monoisotopic (exact) mass is 244 g/mol. The number of rotatable bonds is 4. The van der Waals surface area contributed by atoms with Gasteiger partial charge in [-0.05, 0) is 18.9 Å². The molecule has 1 aromatic carbocycles. The molecular weight excluding hydrogens is 232 g/mol. The highest BCUT2D eigenvalue weighted by molar-refractivity contribution is 7.13. The molecule has 0 aliphatic rings. The zero-order chi connectivity index (χ0) is 12.1. The minimum atomic E-state index is 0.466. The van der Waals surface area contributed by atoms with E-state index in [1.54, 1.807) is 11.3 Å². The maximum Gasteiger partial charge on any atom is 0.123 e. The summed E-state index contributed by atoms with van der Waals surface area (Å²) in [7, 11) is 0. The first-order valence-corrected chi connectivity index (χ1v) is 6.20. The fourth-order valence-corrected chi connectivity index (χ4v) is 2.32. The first-order valence-electron chi connectivity index (χ1n) is 5.32. The van der Waals surface area contributed by atoms with Crippen molar-refractivity contribution in [2.45, 2.75) is 13.3 Å². The first-order chi connectivity index (χ1) is 8.29. The van der Waals surface area contributed by atoms with Crippen molar-refractivity contribution in [2.75, 3.05) is 6.54 Å². The van der Waals surface area contributed by atoms with E-state index in [4.69, 9.17) is 5.53 Å². The van der Waals surface area contributed by atoms with Gasteiger partial charge in [0.2, 0.25) is 0 Å². The molecule has 0 spiro atoms. The number of azide groups is 1. The van der Waals surface area contributed by atoms with Gasteiger partial charge in [0.05, 0.1) is 5.69 Å². The number of benzene rings is 1. The van der Waals surface area contributed by atoms with Crippen LogP contribution in [0.3, 0.4) is 0 Å². The second-order valence-corrected chi connectivity index (χ2v) is 4.57. The summed E-state index contributed by atoms with van der Waals surface area (Å²) in [5.41, 5.74) is 11.6. The zero-order valence-electron chi connectivity index (χ0n) is 9.50. The molecule has 0 aliphatic heterocycles. The van der Waals surface area contributed by atoms with Gasteiger partial charge in [-0.1, -0.05) is 34.9 Å². The molecule has 86 valence electrons. The van der Waals surface area contributed by atoms with Gasteiger partial charge in [-0.25, -0.2) is 4.98 Å². The van der Waals surface area contributed by atoms with Crippen molar-refractivity contribution < 1.29 is 0 Å². The van der Waals surface area contributed by atoms with Gasteiger partial charge >= 0.3 is 0 Å². The molecular formula is C12H12N4S. The maximum absolute atomic E-state index is 8.19. The molecule has 2 aromatic rings. The lowest BCUT2D eigenvalue weighted by molar-refractivity contribution is 0.926. The van der Waals surface area contributed by atoms with Crippen LogP contribution >= 0.6 is 11.3 Å². The molecule has 0 atom stereocenters. The van der Waals surface area contributed by atoms with E-state index in [0.29, 0.717) is 13.0 Å². The highest BCUT2D eigenvalue weighted by Crippen LogP contribution is 2.24. The highest BCUT2D eigenvalue weighted by atomic mass is 32.1. The van der Waals surface area contributed by atoms with Crippen LogP contribution in [0.5, 0.6) is 0 Å². The molecule has 0 unspecified atom stereocenters. The van der Waals surface area contributed by atoms with Gasteiger partial charge in [0.15, 0.2) is 0 Å². The molecule has 0 fully saturated rings. The average Bonchev–Trinajstić information content (AvgIpc) is 2.79. The largest absolute Gasteiger partial charge is 0.241 e. The Hall–Kier alpha value is -1.84. The van der Waals surface area contributed by atoms with Crippen LogP contribution in [-0.4, -0.2) is 11.5 Å². The first kappa shape index (κ1) is 11.6. The zero-order valence-corrected chi connectivity index (χ0v) is 10.3. The van der Waals surface area contributed by atoms with Crippen LogP contribution in [0.4, 0.5) is 0 Å². The third-order valence-corrected chi connectivity index (χ3v) is 3.32. The number of aryl methyl sites for hydroxylation is 1. The van der Waals surface area contributed by atoms with Crippen LogP contribution in [0.25, 0.3) is 21.0 Å². The summed E-state index contributed by atoms with van der Waals surface area (Å²) in [4.78, 5) is 7.24. The molecule has 4 nitrogen and oxygen atoms in total. The summed E-state index contributed by atoms with van der Waals surface area (Å²) < 4.78 is 0. The predicted molar refractivity (Wildman–Crippen MR) is 70.0 cm³/mol. The molecule has 0 aliphatic carbocycles. The third kappa shape index (κ3) is 3.06. The Morgan fingerprint density at radius 1 is 1.35 bits per heavy atom. The Labute approximate surface area is 104 Å². The molecule has 2 rings (SSSR count). The Morgan fingerprint density at radius 3 is 2.82 bits per heavy atom. The van der Waals surface area contributed by atoms with Crippen LogP contribution in [0.2, 0.25) is 0 Å². The van der Waals surface area contributed by atoms with E-state index in [0.717, 1.165) is 16.3 Å². The summed E-state index contributed by atoms with van der Waals surface area (Å²) >= 11 is 1.62. The van der Waals surface area contributed by atoms with Gasteiger partial charge < -0.3 is 0 Å². The van der Waals surface area contributed by atoms with E-state index in [-0.39, 0.29) is 0 Å². The lowest BCUT2D eigenvalue weighted by atomic mass is 10.2. The van der Waals surface area contributed by atoms with E-state index < -0.39 is 0 Å². The van der Waals surface area contributed by atoms with Crippen molar-refractivity contribution >= 4 is 11.3 Å². The Morgan fingerprint density at radius 2 is 2.12 bits per heavy atom. The number of hydrogen-bond donors (Lipinski definition) is 0. The number of hydrogen-bond acceptors (Lipinski definition) is 3. The average molecular weight is 244 g/mol. The summed E-state index contributed by atoms with van der Waals surface area (Å²) in [6.45, 7) is 2.53. The standard InChI is InChI=1S/C12H12N4S/c1-9-2-4-10(5-3-9)12-15-11(8-17-12)6-7-14-16-13/h2-5,8H,6-7H2,1H3. The van der Waals surface area contributed by atoms with E-state index in [9.17, 15) is 0 Å². The molecule has 0 N–H and O–H groups in total. The quantitative estimate of drug-likeness (QED) is 0.456. The van der Waals surface area contributed by atoms with Crippen LogP contribution in [0, 0.1) is 6.92 Å². The fourth-order valence-electron chi connectivity index (χ4n) is 1.46. The van der Waals surface area contributed by atoms with Gasteiger partial charge in [-0.3, -0.25) is 0 Å². The Kier molecular flexibility index (Phi) is 3.75. The van der Waals surface area contributed by atoms with E-state index in [1.807, 2.05) is 5.38 Å². The van der Waals surface area contributed by atoms with Crippen molar-refractivity contribution in [1.29, 1.82) is 0 Å². The van der Waals surface area contributed by atoms with Crippen molar-refractivity contribution in [3.63, 3.8) is 0 Å². The Balaban J connectivity index is 2.12. The van der Waals surface area contributed by atoms with Crippen molar-refractivity contribution in [3.05, 3.63) is 51.3 Å². The van der Waals surface area contributed by atoms with Crippen molar-refractivity contribution in [2.24, 2.45) is 5.11 Å². The molecule has 1 heterocycles. The van der Waals surface area contributed by atoms with E-state index >= 15 is 0 Å². The van der Waals surface area contributed by atoms with Crippen LogP contribution in [0.15, 0.2) is 34.8 Å².